The summed E-state index contributed by atoms with van der Waals surface area (Å²) in [6.07, 6.45) is 4.40. The van der Waals surface area contributed by atoms with E-state index < -0.39 is 11.9 Å². The van der Waals surface area contributed by atoms with E-state index in [0.29, 0.717) is 5.92 Å². The van der Waals surface area contributed by atoms with Crippen molar-refractivity contribution in [3.63, 3.8) is 0 Å². The van der Waals surface area contributed by atoms with Crippen LogP contribution < -0.4 is 4.90 Å². The van der Waals surface area contributed by atoms with Crippen molar-refractivity contribution in [2.75, 3.05) is 25.1 Å². The number of alkyl halides is 3. The van der Waals surface area contributed by atoms with Crippen LogP contribution >= 0.6 is 0 Å². The Balaban J connectivity index is 1.37. The highest BCUT2D eigenvalue weighted by molar-refractivity contribution is 5.67. The van der Waals surface area contributed by atoms with E-state index in [9.17, 15) is 13.2 Å². The van der Waals surface area contributed by atoms with Gasteiger partial charge in [-0.2, -0.15) is 13.2 Å². The van der Waals surface area contributed by atoms with Crippen molar-refractivity contribution in [3.05, 3.63) is 60.4 Å². The van der Waals surface area contributed by atoms with Crippen LogP contribution in [0, 0.1) is 11.3 Å². The predicted octanol–water partition coefficient (Wildman–Crippen LogP) is 4.40. The van der Waals surface area contributed by atoms with Gasteiger partial charge in [-0.25, -0.2) is 4.98 Å². The van der Waals surface area contributed by atoms with Crippen LogP contribution in [0.5, 0.6) is 0 Å². The van der Waals surface area contributed by atoms with Crippen molar-refractivity contribution in [1.82, 2.24) is 9.97 Å². The van der Waals surface area contributed by atoms with Crippen LogP contribution in [0.2, 0.25) is 0 Å². The van der Waals surface area contributed by atoms with Crippen molar-refractivity contribution < 1.29 is 17.9 Å². The highest BCUT2D eigenvalue weighted by Gasteiger charge is 2.53. The summed E-state index contributed by atoms with van der Waals surface area (Å²) in [6.45, 7) is 1.70. The van der Waals surface area contributed by atoms with E-state index in [1.54, 1.807) is 19.6 Å². The topological polar surface area (TPSA) is 38.2 Å². The summed E-state index contributed by atoms with van der Waals surface area (Å²) in [7, 11) is 1.65. The number of hydrogen-bond donors (Lipinski definition) is 0. The molecule has 1 aliphatic heterocycles. The molecule has 2 aliphatic rings. The largest absolute Gasteiger partial charge is 0.504 e. The Kier molecular flexibility index (Phi) is 4.32. The molecule has 3 heterocycles. The van der Waals surface area contributed by atoms with Gasteiger partial charge in [-0.05, 0) is 48.1 Å². The monoisotopic (exact) mass is 375 g/mol. The average molecular weight is 375 g/mol. The number of halogens is 3. The number of ether oxygens (including phenoxy) is 1. The number of anilines is 1. The third kappa shape index (κ3) is 3.38. The van der Waals surface area contributed by atoms with Gasteiger partial charge in [0, 0.05) is 30.9 Å². The molecule has 0 aromatic carbocycles. The zero-order valence-corrected chi connectivity index (χ0v) is 14.9. The summed E-state index contributed by atoms with van der Waals surface area (Å²) in [6, 6.07) is 6.50. The number of methoxy groups -OCH3 is 1. The van der Waals surface area contributed by atoms with Crippen LogP contribution in [0.1, 0.15) is 24.1 Å². The maximum absolute atomic E-state index is 12.6. The third-order valence-electron chi connectivity index (χ3n) is 5.49. The predicted molar refractivity (Wildman–Crippen MR) is 95.8 cm³/mol. The third-order valence-corrected chi connectivity index (χ3v) is 5.49. The minimum atomic E-state index is -4.40. The fraction of sp³-hybridized carbons (Fsp3) is 0.400. The molecule has 0 radical (unpaired) electrons. The Labute approximate surface area is 155 Å². The molecule has 0 unspecified atom stereocenters. The minimum absolute atomic E-state index is 0.238. The average Bonchev–Trinajstić information content (AvgIpc) is 2.59. The summed E-state index contributed by atoms with van der Waals surface area (Å²) < 4.78 is 43.2. The van der Waals surface area contributed by atoms with E-state index in [4.69, 9.17) is 4.74 Å². The van der Waals surface area contributed by atoms with Crippen LogP contribution in [-0.2, 0) is 10.9 Å². The summed E-state index contributed by atoms with van der Waals surface area (Å²) in [4.78, 5) is 9.83. The molecule has 2 fully saturated rings. The summed E-state index contributed by atoms with van der Waals surface area (Å²) >= 11 is 0. The second-order valence-electron chi connectivity index (χ2n) is 7.41. The van der Waals surface area contributed by atoms with Crippen molar-refractivity contribution in [2.45, 2.75) is 19.0 Å². The molecule has 1 saturated carbocycles. The highest BCUT2D eigenvalue weighted by atomic mass is 19.4. The first-order chi connectivity index (χ1) is 12.9. The first-order valence-electron chi connectivity index (χ1n) is 8.82. The van der Waals surface area contributed by atoms with E-state index in [2.05, 4.69) is 14.9 Å². The van der Waals surface area contributed by atoms with E-state index in [-0.39, 0.29) is 5.41 Å². The van der Waals surface area contributed by atoms with E-state index in [1.165, 1.54) is 12.3 Å². The lowest BCUT2D eigenvalue weighted by molar-refractivity contribution is -0.141. The van der Waals surface area contributed by atoms with Crippen molar-refractivity contribution in [1.29, 1.82) is 0 Å². The Morgan fingerprint density at radius 3 is 2.56 bits per heavy atom. The van der Waals surface area contributed by atoms with Gasteiger partial charge in [-0.3, -0.25) is 4.98 Å². The van der Waals surface area contributed by atoms with Crippen molar-refractivity contribution >= 4 is 11.3 Å². The molecule has 1 saturated heterocycles. The minimum Gasteiger partial charge on any atom is -0.504 e. The zero-order chi connectivity index (χ0) is 19.1. The lowest BCUT2D eigenvalue weighted by Gasteiger charge is -2.60. The van der Waals surface area contributed by atoms with Gasteiger partial charge < -0.3 is 9.64 Å². The molecule has 27 heavy (non-hydrogen) atoms. The van der Waals surface area contributed by atoms with Gasteiger partial charge in [-0.15, -0.1) is 0 Å². The molecule has 4 rings (SSSR count). The van der Waals surface area contributed by atoms with Crippen LogP contribution in [0.3, 0.4) is 0 Å². The molecule has 142 valence electrons. The zero-order valence-electron chi connectivity index (χ0n) is 14.9. The molecular weight excluding hydrogens is 355 g/mol. The Bertz CT molecular complexity index is 820. The van der Waals surface area contributed by atoms with Crippen LogP contribution in [-0.4, -0.2) is 30.2 Å². The van der Waals surface area contributed by atoms with Crippen molar-refractivity contribution in [2.24, 2.45) is 11.3 Å². The summed E-state index contributed by atoms with van der Waals surface area (Å²) in [5.74, 6) is 0.419. The molecule has 2 aromatic heterocycles. The highest BCUT2D eigenvalue weighted by Crippen LogP contribution is 2.56. The number of pyridine rings is 2. The number of aromatic nitrogens is 2. The van der Waals surface area contributed by atoms with Gasteiger partial charge in [0.05, 0.1) is 25.3 Å². The Morgan fingerprint density at radius 2 is 2.00 bits per heavy atom. The molecule has 2 aromatic rings. The Morgan fingerprint density at radius 1 is 1.22 bits per heavy atom. The van der Waals surface area contributed by atoms with Gasteiger partial charge >= 0.3 is 6.18 Å². The maximum atomic E-state index is 12.6. The van der Waals surface area contributed by atoms with E-state index >= 15 is 0 Å². The van der Waals surface area contributed by atoms with Gasteiger partial charge in [0.25, 0.3) is 0 Å². The lowest BCUT2D eigenvalue weighted by atomic mass is 9.55. The smallest absolute Gasteiger partial charge is 0.433 e. The first-order valence-corrected chi connectivity index (χ1v) is 8.82. The first kappa shape index (κ1) is 17.8. The number of hydrogen-bond acceptors (Lipinski definition) is 4. The second-order valence-corrected chi connectivity index (χ2v) is 7.41. The number of allylic oxidation sites excluding steroid dienone is 1. The van der Waals surface area contributed by atoms with Gasteiger partial charge in [0.2, 0.25) is 0 Å². The van der Waals surface area contributed by atoms with Crippen molar-refractivity contribution in [3.8, 4) is 0 Å². The molecule has 0 bridgehead atoms. The standard InChI is InChI=1S/C20H20F3N3O/c1-27-11-17(14-3-2-6-24-9-14)15-7-19(8-15)12-26(13-19)16-4-5-18(25-10-16)20(21,22)23/h2-6,9-11,15H,7-8,12-13H2,1H3/b17-11-. The molecule has 1 aliphatic carbocycles. The van der Waals surface area contributed by atoms with Gasteiger partial charge in [0.15, 0.2) is 0 Å². The molecule has 1 spiro atoms. The summed E-state index contributed by atoms with van der Waals surface area (Å²) in [5.41, 5.74) is 2.36. The van der Waals surface area contributed by atoms with Gasteiger partial charge in [0.1, 0.15) is 5.69 Å². The SMILES string of the molecule is CO/C=C(/c1cccnc1)C1CC2(C1)CN(c1ccc(C(F)(F)F)nc1)C2. The van der Waals surface area contributed by atoms with E-state index in [1.807, 2.05) is 18.3 Å². The fourth-order valence-electron chi connectivity index (χ4n) is 4.21. The van der Waals surface area contributed by atoms with Gasteiger partial charge in [-0.1, -0.05) is 6.07 Å². The molecule has 0 amide bonds. The summed E-state index contributed by atoms with van der Waals surface area (Å²) in [5, 5.41) is 0. The quantitative estimate of drug-likeness (QED) is 0.743. The fourth-order valence-corrected chi connectivity index (χ4v) is 4.21. The maximum Gasteiger partial charge on any atom is 0.433 e. The lowest BCUT2D eigenvalue weighted by Crippen LogP contribution is -2.62. The van der Waals surface area contributed by atoms with Crippen LogP contribution in [0.4, 0.5) is 18.9 Å². The molecular formula is C20H20F3N3O. The van der Waals surface area contributed by atoms with E-state index in [0.717, 1.165) is 48.8 Å². The number of nitrogens with zero attached hydrogens (tertiary/aromatic N) is 3. The molecule has 7 heteroatoms. The normalized spacial score (nSPS) is 19.6. The number of rotatable bonds is 4. The Hall–Kier alpha value is -2.57. The van der Waals surface area contributed by atoms with Crippen LogP contribution in [0.15, 0.2) is 49.1 Å². The molecule has 0 N–H and O–H groups in total. The van der Waals surface area contributed by atoms with Crippen LogP contribution in [0.25, 0.3) is 5.57 Å². The molecule has 0 atom stereocenters. The second kappa shape index (κ2) is 6.55. The molecule has 4 nitrogen and oxygen atoms in total.